The molecule has 7 heteroatoms. The van der Waals surface area contributed by atoms with Crippen molar-refractivity contribution in [3.8, 4) is 11.5 Å². The third kappa shape index (κ3) is 4.51. The number of hydrogen-bond donors (Lipinski definition) is 0. The van der Waals surface area contributed by atoms with Crippen molar-refractivity contribution in [2.75, 3.05) is 18.5 Å². The Hall–Kier alpha value is -3.06. The Balaban J connectivity index is 2.23. The van der Waals surface area contributed by atoms with Crippen LogP contribution in [0.5, 0.6) is 11.5 Å². The van der Waals surface area contributed by atoms with E-state index in [2.05, 4.69) is 0 Å². The van der Waals surface area contributed by atoms with Gasteiger partial charge in [-0.1, -0.05) is 12.1 Å². The standard InChI is InChI=1S/C24H26FNO4S/c1-16-7-6-8-20(13-16)26(31(27,28)24-12-9-19(25)14-17(24)2)18(3)22-11-10-21(29-4)15-23(22)30-5/h6-15,18H,1-5H3. The summed E-state index contributed by atoms with van der Waals surface area (Å²) in [6.07, 6.45) is 0. The van der Waals surface area contributed by atoms with Crippen LogP contribution in [0.4, 0.5) is 10.1 Å². The highest BCUT2D eigenvalue weighted by molar-refractivity contribution is 7.92. The number of aryl methyl sites for hydroxylation is 2. The zero-order chi connectivity index (χ0) is 22.8. The van der Waals surface area contributed by atoms with E-state index in [-0.39, 0.29) is 4.90 Å². The molecular formula is C24H26FNO4S. The molecule has 0 bridgehead atoms. The molecule has 1 atom stereocenters. The van der Waals surface area contributed by atoms with Gasteiger partial charge in [-0.2, -0.15) is 0 Å². The molecule has 0 aliphatic rings. The number of benzene rings is 3. The van der Waals surface area contributed by atoms with Gasteiger partial charge in [-0.15, -0.1) is 0 Å². The molecule has 3 aromatic rings. The van der Waals surface area contributed by atoms with Crippen LogP contribution in [0.15, 0.2) is 65.6 Å². The van der Waals surface area contributed by atoms with E-state index >= 15 is 0 Å². The van der Waals surface area contributed by atoms with Crippen molar-refractivity contribution in [3.05, 3.63) is 83.2 Å². The van der Waals surface area contributed by atoms with Gasteiger partial charge in [-0.25, -0.2) is 12.8 Å². The van der Waals surface area contributed by atoms with Crippen LogP contribution in [0.25, 0.3) is 0 Å². The average molecular weight is 444 g/mol. The molecule has 0 aliphatic carbocycles. The molecule has 0 aromatic heterocycles. The summed E-state index contributed by atoms with van der Waals surface area (Å²) in [4.78, 5) is 0.0507. The maximum atomic E-state index is 13.9. The number of anilines is 1. The van der Waals surface area contributed by atoms with Crippen LogP contribution in [0, 0.1) is 19.7 Å². The lowest BCUT2D eigenvalue weighted by Gasteiger charge is -2.32. The molecular weight excluding hydrogens is 417 g/mol. The van der Waals surface area contributed by atoms with Crippen molar-refractivity contribution in [2.45, 2.75) is 31.7 Å². The largest absolute Gasteiger partial charge is 0.497 e. The molecule has 0 aliphatic heterocycles. The topological polar surface area (TPSA) is 55.8 Å². The fraction of sp³-hybridized carbons (Fsp3) is 0.250. The van der Waals surface area contributed by atoms with Crippen LogP contribution in [0.2, 0.25) is 0 Å². The van der Waals surface area contributed by atoms with Crippen molar-refractivity contribution < 1.29 is 22.3 Å². The highest BCUT2D eigenvalue weighted by atomic mass is 32.2. The first-order valence-electron chi connectivity index (χ1n) is 9.78. The summed E-state index contributed by atoms with van der Waals surface area (Å²) in [5, 5.41) is 0. The molecule has 0 saturated heterocycles. The van der Waals surface area contributed by atoms with E-state index in [1.807, 2.05) is 25.1 Å². The molecule has 5 nitrogen and oxygen atoms in total. The molecule has 3 aromatic carbocycles. The second kappa shape index (κ2) is 8.98. The van der Waals surface area contributed by atoms with E-state index in [0.29, 0.717) is 28.3 Å². The van der Waals surface area contributed by atoms with E-state index in [1.165, 1.54) is 23.5 Å². The summed E-state index contributed by atoms with van der Waals surface area (Å²) in [7, 11) is -0.944. The van der Waals surface area contributed by atoms with Crippen LogP contribution < -0.4 is 13.8 Å². The second-order valence-electron chi connectivity index (χ2n) is 7.33. The van der Waals surface area contributed by atoms with E-state index < -0.39 is 21.9 Å². The molecule has 0 radical (unpaired) electrons. The normalized spacial score (nSPS) is 12.3. The van der Waals surface area contributed by atoms with Gasteiger partial charge >= 0.3 is 0 Å². The van der Waals surface area contributed by atoms with Crippen molar-refractivity contribution in [3.63, 3.8) is 0 Å². The van der Waals surface area contributed by atoms with Crippen LogP contribution in [0.3, 0.4) is 0 Å². The SMILES string of the molecule is COc1ccc(C(C)N(c2cccc(C)c2)S(=O)(=O)c2ccc(F)cc2C)c(OC)c1. The molecule has 0 N–H and O–H groups in total. The number of halogens is 1. The predicted molar refractivity (Wildman–Crippen MR) is 120 cm³/mol. The lowest BCUT2D eigenvalue weighted by molar-refractivity contribution is 0.389. The molecule has 0 spiro atoms. The minimum Gasteiger partial charge on any atom is -0.497 e. The first-order valence-corrected chi connectivity index (χ1v) is 11.2. The van der Waals surface area contributed by atoms with Gasteiger partial charge in [0.25, 0.3) is 10.0 Å². The van der Waals surface area contributed by atoms with Crippen molar-refractivity contribution in [1.82, 2.24) is 0 Å². The van der Waals surface area contributed by atoms with Crippen molar-refractivity contribution in [2.24, 2.45) is 0 Å². The summed E-state index contributed by atoms with van der Waals surface area (Å²) < 4.78 is 53.5. The van der Waals surface area contributed by atoms with Gasteiger partial charge in [0.2, 0.25) is 0 Å². The molecule has 0 heterocycles. The maximum absolute atomic E-state index is 13.9. The first kappa shape index (κ1) is 22.6. The second-order valence-corrected chi connectivity index (χ2v) is 9.12. The lowest BCUT2D eigenvalue weighted by Crippen LogP contribution is -2.34. The first-order chi connectivity index (χ1) is 14.7. The van der Waals surface area contributed by atoms with Gasteiger partial charge in [-0.05, 0) is 74.4 Å². The zero-order valence-corrected chi connectivity index (χ0v) is 19.0. The van der Waals surface area contributed by atoms with Gasteiger partial charge < -0.3 is 9.47 Å². The molecule has 31 heavy (non-hydrogen) atoms. The Morgan fingerprint density at radius 1 is 0.935 bits per heavy atom. The highest BCUT2D eigenvalue weighted by Gasteiger charge is 2.33. The van der Waals surface area contributed by atoms with Crippen LogP contribution in [-0.4, -0.2) is 22.6 Å². The van der Waals surface area contributed by atoms with Crippen LogP contribution in [-0.2, 0) is 10.0 Å². The van der Waals surface area contributed by atoms with Gasteiger partial charge in [0.1, 0.15) is 17.3 Å². The van der Waals surface area contributed by atoms with E-state index in [9.17, 15) is 12.8 Å². The Morgan fingerprint density at radius 3 is 2.29 bits per heavy atom. The van der Waals surface area contributed by atoms with E-state index in [0.717, 1.165) is 11.6 Å². The summed E-state index contributed by atoms with van der Waals surface area (Å²) in [5.74, 6) is 0.631. The van der Waals surface area contributed by atoms with E-state index in [4.69, 9.17) is 9.47 Å². The number of sulfonamides is 1. The van der Waals surface area contributed by atoms with Crippen LogP contribution >= 0.6 is 0 Å². The maximum Gasteiger partial charge on any atom is 0.265 e. The number of ether oxygens (including phenoxy) is 2. The number of hydrogen-bond acceptors (Lipinski definition) is 4. The number of methoxy groups -OCH3 is 2. The van der Waals surface area contributed by atoms with Crippen LogP contribution in [0.1, 0.15) is 29.7 Å². The Labute approximate surface area is 183 Å². The highest BCUT2D eigenvalue weighted by Crippen LogP contribution is 2.39. The smallest absolute Gasteiger partial charge is 0.265 e. The molecule has 0 amide bonds. The minimum absolute atomic E-state index is 0.0507. The quantitative estimate of drug-likeness (QED) is 0.490. The Kier molecular flexibility index (Phi) is 6.55. The fourth-order valence-electron chi connectivity index (χ4n) is 3.63. The fourth-order valence-corrected chi connectivity index (χ4v) is 5.47. The predicted octanol–water partition coefficient (Wildman–Crippen LogP) is 5.42. The lowest BCUT2D eigenvalue weighted by atomic mass is 10.1. The summed E-state index contributed by atoms with van der Waals surface area (Å²) in [6.45, 7) is 5.28. The summed E-state index contributed by atoms with van der Waals surface area (Å²) >= 11 is 0. The Morgan fingerprint density at radius 2 is 1.68 bits per heavy atom. The zero-order valence-electron chi connectivity index (χ0n) is 18.2. The Bertz CT molecular complexity index is 1190. The van der Waals surface area contributed by atoms with Crippen molar-refractivity contribution >= 4 is 15.7 Å². The molecule has 164 valence electrons. The summed E-state index contributed by atoms with van der Waals surface area (Å²) in [5.41, 5.74) is 2.44. The van der Waals surface area contributed by atoms with Crippen molar-refractivity contribution in [1.29, 1.82) is 0 Å². The summed E-state index contributed by atoms with van der Waals surface area (Å²) in [6, 6.07) is 15.6. The third-order valence-electron chi connectivity index (χ3n) is 5.17. The molecule has 0 saturated carbocycles. The number of nitrogens with zero attached hydrogens (tertiary/aromatic N) is 1. The van der Waals surface area contributed by atoms with Gasteiger partial charge in [0, 0.05) is 11.6 Å². The molecule has 0 fully saturated rings. The molecule has 3 rings (SSSR count). The minimum atomic E-state index is -4.03. The average Bonchev–Trinajstić information content (AvgIpc) is 2.72. The molecule has 1 unspecified atom stereocenters. The van der Waals surface area contributed by atoms with E-state index in [1.54, 1.807) is 45.2 Å². The van der Waals surface area contributed by atoms with Gasteiger partial charge in [0.05, 0.1) is 30.8 Å². The number of rotatable bonds is 7. The third-order valence-corrected chi connectivity index (χ3v) is 7.23. The monoisotopic (exact) mass is 443 g/mol. The van der Waals surface area contributed by atoms with Gasteiger partial charge in [-0.3, -0.25) is 4.31 Å². The van der Waals surface area contributed by atoms with Gasteiger partial charge in [0.15, 0.2) is 0 Å².